The molecule has 0 N–H and O–H groups in total. The molecule has 1 aliphatic rings. The zero-order valence-electron chi connectivity index (χ0n) is 14.4. The van der Waals surface area contributed by atoms with Gasteiger partial charge in [0.1, 0.15) is 0 Å². The van der Waals surface area contributed by atoms with E-state index in [-0.39, 0.29) is 0 Å². The molecule has 0 amide bonds. The molecule has 28 heavy (non-hydrogen) atoms. The minimum Gasteiger partial charge on any atom is -0.336 e. The number of hydrogen-bond acceptors (Lipinski definition) is 0. The van der Waals surface area contributed by atoms with E-state index in [0.29, 0.717) is 11.9 Å². The molecule has 0 spiro atoms. The van der Waals surface area contributed by atoms with Crippen molar-refractivity contribution in [1.82, 2.24) is 4.57 Å². The summed E-state index contributed by atoms with van der Waals surface area (Å²) in [6.45, 7) is -0.462. The monoisotopic (exact) mass is 385 g/mol. The first-order valence-electron chi connectivity index (χ1n) is 8.67. The van der Waals surface area contributed by atoms with Crippen LogP contribution in [0.3, 0.4) is 0 Å². The molecule has 4 aromatic rings. The molecule has 0 aliphatic heterocycles. The van der Waals surface area contributed by atoms with Crippen LogP contribution < -0.4 is 0 Å². The van der Waals surface area contributed by atoms with E-state index in [1.807, 2.05) is 36.4 Å². The summed E-state index contributed by atoms with van der Waals surface area (Å²) < 4.78 is 71.0. The predicted octanol–water partition coefficient (Wildman–Crippen LogP) is 5.96. The fourth-order valence-electron chi connectivity index (χ4n) is 4.07. The minimum absolute atomic E-state index is 0.462. The molecule has 1 nitrogen and oxygen atoms in total. The van der Waals surface area contributed by atoms with E-state index in [1.54, 1.807) is 16.7 Å². The highest BCUT2D eigenvalue weighted by molar-refractivity contribution is 5.95. The van der Waals surface area contributed by atoms with Crippen LogP contribution in [-0.2, 0) is 13.0 Å². The highest BCUT2D eigenvalue weighted by Gasteiger charge is 2.30. The Hall–Kier alpha value is -3.15. The Balaban J connectivity index is 1.79. The molecule has 6 heteroatoms. The van der Waals surface area contributed by atoms with Crippen molar-refractivity contribution in [1.29, 1.82) is 0 Å². The van der Waals surface area contributed by atoms with Gasteiger partial charge in [0.25, 0.3) is 0 Å². The Kier molecular flexibility index (Phi) is 3.59. The summed E-state index contributed by atoms with van der Waals surface area (Å²) in [5.41, 5.74) is 3.54. The maximum absolute atomic E-state index is 14.3. The van der Waals surface area contributed by atoms with Crippen molar-refractivity contribution >= 4 is 10.9 Å². The van der Waals surface area contributed by atoms with Crippen molar-refractivity contribution in [2.45, 2.75) is 13.0 Å². The lowest BCUT2D eigenvalue weighted by molar-refractivity contribution is 0.368. The first kappa shape index (κ1) is 17.0. The van der Waals surface area contributed by atoms with E-state index in [0.717, 1.165) is 27.8 Å². The summed E-state index contributed by atoms with van der Waals surface area (Å²) in [6.07, 6.45) is 0.649. The van der Waals surface area contributed by atoms with Gasteiger partial charge in [-0.15, -0.1) is 0 Å². The fraction of sp³-hybridized carbons (Fsp3) is 0.0909. The van der Waals surface area contributed by atoms with Gasteiger partial charge < -0.3 is 4.57 Å². The van der Waals surface area contributed by atoms with E-state index in [2.05, 4.69) is 0 Å². The maximum atomic E-state index is 14.3. The van der Waals surface area contributed by atoms with Gasteiger partial charge in [0, 0.05) is 28.5 Å². The number of hydrogen-bond donors (Lipinski definition) is 0. The predicted molar refractivity (Wildman–Crippen MR) is 95.5 cm³/mol. The molecule has 1 aliphatic carbocycles. The third-order valence-corrected chi connectivity index (χ3v) is 5.33. The fourth-order valence-corrected chi connectivity index (χ4v) is 4.07. The van der Waals surface area contributed by atoms with Crippen molar-refractivity contribution in [2.24, 2.45) is 0 Å². The number of para-hydroxylation sites is 1. The lowest BCUT2D eigenvalue weighted by atomic mass is 10.1. The average Bonchev–Trinajstić information content (AvgIpc) is 3.24. The second kappa shape index (κ2) is 5.92. The molecule has 0 bridgehead atoms. The van der Waals surface area contributed by atoms with Crippen molar-refractivity contribution in [3.8, 4) is 11.3 Å². The number of rotatable bonds is 2. The van der Waals surface area contributed by atoms with Gasteiger partial charge in [0.2, 0.25) is 5.82 Å². The number of benzene rings is 3. The zero-order valence-corrected chi connectivity index (χ0v) is 14.4. The van der Waals surface area contributed by atoms with Gasteiger partial charge in [-0.05, 0) is 17.2 Å². The summed E-state index contributed by atoms with van der Waals surface area (Å²) in [7, 11) is 0. The topological polar surface area (TPSA) is 4.93 Å². The standard InChI is InChI=1S/C22H12F5N/c23-17-15(18(24)20(26)21(27)19(17)25)10-28-16-8-4-3-7-13(16)14-9-11-5-1-2-6-12(11)22(14)28/h1-8H,9-10H2. The van der Waals surface area contributed by atoms with Crippen LogP contribution in [0.15, 0.2) is 48.5 Å². The van der Waals surface area contributed by atoms with Crippen LogP contribution in [-0.4, -0.2) is 4.57 Å². The second-order valence-electron chi connectivity index (χ2n) is 6.81. The van der Waals surface area contributed by atoms with Crippen LogP contribution in [0, 0.1) is 29.1 Å². The van der Waals surface area contributed by atoms with Crippen LogP contribution in [0.2, 0.25) is 0 Å². The van der Waals surface area contributed by atoms with E-state index in [9.17, 15) is 22.0 Å². The summed E-state index contributed by atoms with van der Waals surface area (Å²) >= 11 is 0. The van der Waals surface area contributed by atoms with E-state index in [1.165, 1.54) is 0 Å². The van der Waals surface area contributed by atoms with Crippen LogP contribution >= 0.6 is 0 Å². The molecular formula is C22H12F5N. The molecule has 0 saturated carbocycles. The third-order valence-electron chi connectivity index (χ3n) is 5.33. The van der Waals surface area contributed by atoms with Crippen molar-refractivity contribution in [3.05, 3.63) is 94.3 Å². The van der Waals surface area contributed by atoms with Gasteiger partial charge in [-0.25, -0.2) is 22.0 Å². The molecule has 1 heterocycles. The molecule has 5 rings (SSSR count). The van der Waals surface area contributed by atoms with Gasteiger partial charge in [-0.1, -0.05) is 42.5 Å². The molecule has 1 aromatic heterocycles. The summed E-state index contributed by atoms with van der Waals surface area (Å²) in [5, 5.41) is 0.901. The van der Waals surface area contributed by atoms with Gasteiger partial charge in [0.05, 0.1) is 12.2 Å². The van der Waals surface area contributed by atoms with Gasteiger partial charge >= 0.3 is 0 Å². The zero-order chi connectivity index (χ0) is 19.6. The van der Waals surface area contributed by atoms with E-state index in [4.69, 9.17) is 0 Å². The van der Waals surface area contributed by atoms with Gasteiger partial charge in [-0.3, -0.25) is 0 Å². The molecule has 0 atom stereocenters. The molecule has 140 valence electrons. The SMILES string of the molecule is Fc1c(F)c(F)c(Cn2c3c(c4ccccc42)Cc2ccccc2-3)c(F)c1F. The highest BCUT2D eigenvalue weighted by Crippen LogP contribution is 2.43. The number of nitrogens with zero attached hydrogens (tertiary/aromatic N) is 1. The summed E-state index contributed by atoms with van der Waals surface area (Å²) in [4.78, 5) is 0. The van der Waals surface area contributed by atoms with Gasteiger partial charge in [-0.2, -0.15) is 0 Å². The van der Waals surface area contributed by atoms with Gasteiger partial charge in [0.15, 0.2) is 23.3 Å². The molecule has 0 fully saturated rings. The van der Waals surface area contributed by atoms with Crippen LogP contribution in [0.1, 0.15) is 16.7 Å². The number of halogens is 5. The molecular weight excluding hydrogens is 373 g/mol. The highest BCUT2D eigenvalue weighted by atomic mass is 19.2. The number of aromatic nitrogens is 1. The molecule has 0 radical (unpaired) electrons. The minimum atomic E-state index is -2.15. The van der Waals surface area contributed by atoms with Crippen LogP contribution in [0.25, 0.3) is 22.2 Å². The largest absolute Gasteiger partial charge is 0.336 e. The Morgan fingerprint density at radius 1 is 0.714 bits per heavy atom. The van der Waals surface area contributed by atoms with Crippen LogP contribution in [0.4, 0.5) is 22.0 Å². The smallest absolute Gasteiger partial charge is 0.200 e. The Bertz CT molecular complexity index is 1240. The van der Waals surface area contributed by atoms with Crippen molar-refractivity contribution < 1.29 is 22.0 Å². The van der Waals surface area contributed by atoms with E-state index >= 15 is 0 Å². The summed E-state index contributed by atoms with van der Waals surface area (Å²) in [5.74, 6) is -9.60. The lowest BCUT2D eigenvalue weighted by Gasteiger charge is -2.14. The van der Waals surface area contributed by atoms with Crippen molar-refractivity contribution in [2.75, 3.05) is 0 Å². The average molecular weight is 385 g/mol. The van der Waals surface area contributed by atoms with Crippen molar-refractivity contribution in [3.63, 3.8) is 0 Å². The van der Waals surface area contributed by atoms with Crippen LogP contribution in [0.5, 0.6) is 0 Å². The quantitative estimate of drug-likeness (QED) is 0.201. The van der Waals surface area contributed by atoms with E-state index < -0.39 is 41.2 Å². The first-order chi connectivity index (χ1) is 13.5. The Morgan fingerprint density at radius 3 is 2.07 bits per heavy atom. The maximum Gasteiger partial charge on any atom is 0.200 e. The normalized spacial score (nSPS) is 12.5. The first-order valence-corrected chi connectivity index (χ1v) is 8.67. The second-order valence-corrected chi connectivity index (χ2v) is 6.81. The number of fused-ring (bicyclic) bond motifs is 5. The lowest BCUT2D eigenvalue weighted by Crippen LogP contribution is -2.11. The molecule has 0 unspecified atom stereocenters. The third kappa shape index (κ3) is 2.17. The molecule has 0 saturated heterocycles. The Labute approximate surface area is 156 Å². The Morgan fingerprint density at radius 2 is 1.32 bits per heavy atom. The molecule has 3 aromatic carbocycles. The summed E-state index contributed by atoms with van der Waals surface area (Å²) in [6, 6.07) is 14.9.